The van der Waals surface area contributed by atoms with Gasteiger partial charge in [-0.3, -0.25) is 9.69 Å². The smallest absolute Gasteiger partial charge is 0.317 e. The van der Waals surface area contributed by atoms with E-state index >= 15 is 0 Å². The van der Waals surface area contributed by atoms with Crippen molar-refractivity contribution in [2.45, 2.75) is 18.7 Å². The third-order valence-corrected chi connectivity index (χ3v) is 5.93. The summed E-state index contributed by atoms with van der Waals surface area (Å²) in [6, 6.07) is 12.5. The number of fused-ring (bicyclic) bond motifs is 4. The van der Waals surface area contributed by atoms with Crippen LogP contribution in [0.15, 0.2) is 55.1 Å². The molecule has 162 valence electrons. The van der Waals surface area contributed by atoms with Gasteiger partial charge >= 0.3 is 5.97 Å². The van der Waals surface area contributed by atoms with E-state index in [4.69, 9.17) is 31.2 Å². The lowest BCUT2D eigenvalue weighted by Gasteiger charge is -2.55. The van der Waals surface area contributed by atoms with Gasteiger partial charge in [-0.05, 0) is 37.3 Å². The average Bonchev–Trinajstić information content (AvgIpc) is 2.76. The van der Waals surface area contributed by atoms with Crippen LogP contribution in [0.25, 0.3) is 0 Å². The molecule has 4 rings (SSSR count). The SMILES string of the molecule is C=CCOC(=O)[C@H]1[C@H]2NC(=S)N(c3ccccc3OC)[C@@]1(C)Oc1c(OC)cccc12. The maximum absolute atomic E-state index is 13.3. The van der Waals surface area contributed by atoms with Gasteiger partial charge in [0, 0.05) is 5.56 Å². The van der Waals surface area contributed by atoms with Crippen LogP contribution in [0.1, 0.15) is 18.5 Å². The number of esters is 1. The molecule has 0 aromatic heterocycles. The number of carbonyl (C=O) groups is 1. The molecule has 0 amide bonds. The van der Waals surface area contributed by atoms with Crippen LogP contribution in [0.5, 0.6) is 17.2 Å². The molecule has 2 aliphatic rings. The summed E-state index contributed by atoms with van der Waals surface area (Å²) in [5.41, 5.74) is 0.240. The molecule has 0 spiro atoms. The lowest BCUT2D eigenvalue weighted by atomic mass is 9.79. The molecule has 31 heavy (non-hydrogen) atoms. The second-order valence-corrected chi connectivity index (χ2v) is 7.75. The lowest BCUT2D eigenvalue weighted by Crippen LogP contribution is -2.71. The minimum atomic E-state index is -1.21. The molecule has 8 heteroatoms. The van der Waals surface area contributed by atoms with Gasteiger partial charge in [-0.25, -0.2) is 0 Å². The Balaban J connectivity index is 1.92. The Labute approximate surface area is 186 Å². The highest BCUT2D eigenvalue weighted by Crippen LogP contribution is 2.53. The largest absolute Gasteiger partial charge is 0.495 e. The van der Waals surface area contributed by atoms with Crippen LogP contribution < -0.4 is 24.4 Å². The van der Waals surface area contributed by atoms with Crippen molar-refractivity contribution >= 4 is 29.0 Å². The number of benzene rings is 2. The molecular formula is C23H24N2O5S. The number of carbonyl (C=O) groups excluding carboxylic acids is 1. The van der Waals surface area contributed by atoms with Crippen LogP contribution in [-0.4, -0.2) is 37.6 Å². The number of thiocarbonyl (C=S) groups is 1. The molecule has 2 aromatic rings. The van der Waals surface area contributed by atoms with Crippen LogP contribution in [0.3, 0.4) is 0 Å². The summed E-state index contributed by atoms with van der Waals surface area (Å²) in [5.74, 6) is 0.569. The number of ether oxygens (including phenoxy) is 4. The zero-order chi connectivity index (χ0) is 22.2. The summed E-state index contributed by atoms with van der Waals surface area (Å²) in [6.45, 7) is 5.56. The molecule has 0 aliphatic carbocycles. The Morgan fingerprint density at radius 1 is 1.23 bits per heavy atom. The molecule has 1 saturated heterocycles. The van der Waals surface area contributed by atoms with E-state index in [1.165, 1.54) is 6.08 Å². The van der Waals surface area contributed by atoms with Crippen molar-refractivity contribution in [3.63, 3.8) is 0 Å². The highest BCUT2D eigenvalue weighted by atomic mass is 32.1. The summed E-state index contributed by atoms with van der Waals surface area (Å²) < 4.78 is 23.1. The van der Waals surface area contributed by atoms with E-state index in [1.54, 1.807) is 19.1 Å². The molecule has 3 atom stereocenters. The van der Waals surface area contributed by atoms with Crippen LogP contribution in [-0.2, 0) is 9.53 Å². The summed E-state index contributed by atoms with van der Waals surface area (Å²) in [4.78, 5) is 15.0. The van der Waals surface area contributed by atoms with Crippen LogP contribution in [0.4, 0.5) is 5.69 Å². The van der Waals surface area contributed by atoms with Crippen molar-refractivity contribution < 1.29 is 23.7 Å². The fourth-order valence-electron chi connectivity index (χ4n) is 4.30. The van der Waals surface area contributed by atoms with Crippen molar-refractivity contribution in [1.82, 2.24) is 5.32 Å². The first-order valence-corrected chi connectivity index (χ1v) is 10.2. The van der Waals surface area contributed by atoms with Gasteiger partial charge in [-0.2, -0.15) is 0 Å². The molecule has 1 N–H and O–H groups in total. The Morgan fingerprint density at radius 2 is 1.94 bits per heavy atom. The lowest BCUT2D eigenvalue weighted by molar-refractivity contribution is -0.159. The van der Waals surface area contributed by atoms with Crippen molar-refractivity contribution in [3.8, 4) is 17.2 Å². The van der Waals surface area contributed by atoms with Gasteiger partial charge < -0.3 is 24.3 Å². The normalized spacial score (nSPS) is 23.7. The predicted molar refractivity (Wildman–Crippen MR) is 121 cm³/mol. The number of anilines is 1. The molecule has 1 fully saturated rings. The van der Waals surface area contributed by atoms with E-state index in [1.807, 2.05) is 49.4 Å². The monoisotopic (exact) mass is 440 g/mol. The molecule has 0 unspecified atom stereocenters. The topological polar surface area (TPSA) is 69.3 Å². The molecule has 2 bridgehead atoms. The highest BCUT2D eigenvalue weighted by molar-refractivity contribution is 7.80. The van der Waals surface area contributed by atoms with Crippen LogP contribution in [0.2, 0.25) is 0 Å². The van der Waals surface area contributed by atoms with E-state index < -0.39 is 23.7 Å². The summed E-state index contributed by atoms with van der Waals surface area (Å²) in [7, 11) is 3.16. The molecule has 2 aliphatic heterocycles. The van der Waals surface area contributed by atoms with E-state index in [0.717, 1.165) is 5.56 Å². The highest BCUT2D eigenvalue weighted by Gasteiger charge is 2.60. The Hall–Kier alpha value is -3.26. The van der Waals surface area contributed by atoms with Crippen molar-refractivity contribution in [2.75, 3.05) is 25.7 Å². The van der Waals surface area contributed by atoms with Crippen molar-refractivity contribution in [3.05, 3.63) is 60.7 Å². The van der Waals surface area contributed by atoms with Gasteiger partial charge in [0.2, 0.25) is 5.72 Å². The molecule has 7 nitrogen and oxygen atoms in total. The Bertz CT molecular complexity index is 1040. The first-order valence-electron chi connectivity index (χ1n) is 9.83. The van der Waals surface area contributed by atoms with Crippen molar-refractivity contribution in [1.29, 1.82) is 0 Å². The summed E-state index contributed by atoms with van der Waals surface area (Å²) in [6.07, 6.45) is 1.53. The van der Waals surface area contributed by atoms with E-state index in [9.17, 15) is 4.79 Å². The number of rotatable bonds is 6. The number of methoxy groups -OCH3 is 2. The van der Waals surface area contributed by atoms with E-state index in [2.05, 4.69) is 11.9 Å². The second-order valence-electron chi connectivity index (χ2n) is 7.37. The number of hydrogen-bond donors (Lipinski definition) is 1. The molecule has 2 aromatic carbocycles. The number of nitrogens with zero attached hydrogens (tertiary/aromatic N) is 1. The quantitative estimate of drug-likeness (QED) is 0.415. The standard InChI is InChI=1S/C23H24N2O5S/c1-5-13-29-21(26)18-19-14-9-8-12-17(28-4)20(14)30-23(18,2)25(22(31)24-19)15-10-6-7-11-16(15)27-3/h5-12,18-19H,1,13H2,2-4H3,(H,24,31)/t18-,19+,23+/m1/s1. The first kappa shape index (κ1) is 21.0. The van der Waals surface area contributed by atoms with Gasteiger partial charge in [-0.15, -0.1) is 0 Å². The summed E-state index contributed by atoms with van der Waals surface area (Å²) in [5, 5.41) is 3.74. The average molecular weight is 441 g/mol. The molecule has 0 saturated carbocycles. The second kappa shape index (κ2) is 8.11. The fourth-order valence-corrected chi connectivity index (χ4v) is 4.71. The molecule has 0 radical (unpaired) electrons. The zero-order valence-corrected chi connectivity index (χ0v) is 18.4. The minimum Gasteiger partial charge on any atom is -0.495 e. The van der Waals surface area contributed by atoms with Crippen LogP contribution >= 0.6 is 12.2 Å². The molecular weight excluding hydrogens is 416 g/mol. The number of para-hydroxylation sites is 3. The number of hydrogen-bond acceptors (Lipinski definition) is 6. The first-order chi connectivity index (χ1) is 15.0. The summed E-state index contributed by atoms with van der Waals surface area (Å²) >= 11 is 5.74. The Morgan fingerprint density at radius 3 is 2.65 bits per heavy atom. The fraction of sp³-hybridized carbons (Fsp3) is 0.304. The maximum Gasteiger partial charge on any atom is 0.317 e. The van der Waals surface area contributed by atoms with Gasteiger partial charge in [0.15, 0.2) is 16.6 Å². The van der Waals surface area contributed by atoms with Crippen molar-refractivity contribution in [2.24, 2.45) is 5.92 Å². The third-order valence-electron chi connectivity index (χ3n) is 5.63. The maximum atomic E-state index is 13.3. The zero-order valence-electron chi connectivity index (χ0n) is 17.6. The van der Waals surface area contributed by atoms with Crippen LogP contribution in [0, 0.1) is 5.92 Å². The van der Waals surface area contributed by atoms with E-state index in [0.29, 0.717) is 28.0 Å². The minimum absolute atomic E-state index is 0.0994. The molecule has 2 heterocycles. The van der Waals surface area contributed by atoms with Gasteiger partial charge in [0.25, 0.3) is 0 Å². The van der Waals surface area contributed by atoms with E-state index in [-0.39, 0.29) is 6.61 Å². The third kappa shape index (κ3) is 3.27. The van der Waals surface area contributed by atoms with Gasteiger partial charge in [0.05, 0.1) is 25.9 Å². The Kier molecular flexibility index (Phi) is 5.49. The number of nitrogens with one attached hydrogen (secondary N) is 1. The van der Waals surface area contributed by atoms with Gasteiger partial charge in [-0.1, -0.05) is 36.9 Å². The van der Waals surface area contributed by atoms with Gasteiger partial charge in [0.1, 0.15) is 18.3 Å². The predicted octanol–water partition coefficient (Wildman–Crippen LogP) is 3.59.